The molecule has 2 amide bonds. The molecule has 2 aromatic heterocycles. The van der Waals surface area contributed by atoms with E-state index in [2.05, 4.69) is 25.2 Å². The molecule has 0 bridgehead atoms. The Morgan fingerprint density at radius 1 is 1.22 bits per heavy atom. The number of rotatable bonds is 7. The van der Waals surface area contributed by atoms with Crippen LogP contribution >= 0.6 is 11.6 Å². The van der Waals surface area contributed by atoms with Gasteiger partial charge in [-0.1, -0.05) is 22.8 Å². The van der Waals surface area contributed by atoms with Gasteiger partial charge in [-0.25, -0.2) is 4.79 Å². The summed E-state index contributed by atoms with van der Waals surface area (Å²) in [5, 5.41) is 21.1. The summed E-state index contributed by atoms with van der Waals surface area (Å²) in [4.78, 5) is 29.9. The van der Waals surface area contributed by atoms with Gasteiger partial charge in [0.05, 0.1) is 17.1 Å². The molecule has 1 aliphatic rings. The van der Waals surface area contributed by atoms with Crippen LogP contribution in [0, 0.1) is 0 Å². The number of aromatic nitrogens is 3. The van der Waals surface area contributed by atoms with Gasteiger partial charge >= 0.3 is 18.5 Å². The standard InChI is InChI=1S/C21H19ClF3N5O6/c22-13-7-11-1-2-12(8-15(11)26-9-13)17(31)27-14-3-4-16(30(10-14)20(32)33)18-28-29-19(36-18)34-5-6-35-21(23,24)25/h1-2,7-9,14,16H,3-6,10H2,(H,27,31)(H,32,33)/t14-,16+/m0/s1. The summed E-state index contributed by atoms with van der Waals surface area (Å²) in [7, 11) is 0. The van der Waals surface area contributed by atoms with Crippen molar-refractivity contribution in [3.05, 3.63) is 46.9 Å². The first-order valence-electron chi connectivity index (χ1n) is 10.6. The van der Waals surface area contributed by atoms with Crippen LogP contribution in [0.25, 0.3) is 10.9 Å². The predicted octanol–water partition coefficient (Wildman–Crippen LogP) is 3.80. The second kappa shape index (κ2) is 10.5. The van der Waals surface area contributed by atoms with Gasteiger partial charge in [-0.2, -0.15) is 0 Å². The van der Waals surface area contributed by atoms with E-state index in [-0.39, 0.29) is 18.9 Å². The molecule has 3 heterocycles. The Balaban J connectivity index is 1.36. The number of hydrogen-bond donors (Lipinski definition) is 2. The Labute approximate surface area is 206 Å². The number of alkyl halides is 3. The van der Waals surface area contributed by atoms with Gasteiger partial charge in [-0.3, -0.25) is 19.4 Å². The minimum atomic E-state index is -4.79. The number of benzene rings is 1. The minimum Gasteiger partial charge on any atom is -0.465 e. The SMILES string of the molecule is O=C(N[C@H]1CC[C@H](c2nnc(OCCOC(F)(F)F)o2)N(C(=O)O)C1)c1ccc2cc(Cl)cnc2c1. The van der Waals surface area contributed by atoms with Gasteiger partial charge in [0.2, 0.25) is 5.89 Å². The molecule has 0 spiro atoms. The van der Waals surface area contributed by atoms with Crippen LogP contribution in [-0.4, -0.2) is 69.4 Å². The van der Waals surface area contributed by atoms with Crippen LogP contribution in [0.5, 0.6) is 6.08 Å². The number of carbonyl (C=O) groups excluding carboxylic acids is 1. The van der Waals surface area contributed by atoms with Gasteiger partial charge in [0, 0.05) is 29.7 Å². The lowest BCUT2D eigenvalue weighted by molar-refractivity contribution is -0.325. The van der Waals surface area contributed by atoms with Crippen molar-refractivity contribution < 1.29 is 41.8 Å². The number of nitrogens with zero attached hydrogens (tertiary/aromatic N) is 4. The number of carbonyl (C=O) groups is 2. The van der Waals surface area contributed by atoms with Crippen LogP contribution in [0.1, 0.15) is 35.1 Å². The van der Waals surface area contributed by atoms with Gasteiger partial charge in [0.15, 0.2) is 0 Å². The molecule has 0 radical (unpaired) electrons. The maximum absolute atomic E-state index is 12.8. The minimum absolute atomic E-state index is 0.0504. The fourth-order valence-corrected chi connectivity index (χ4v) is 3.93. The lowest BCUT2D eigenvalue weighted by Crippen LogP contribution is -2.50. The first-order chi connectivity index (χ1) is 17.1. The van der Waals surface area contributed by atoms with E-state index in [1.54, 1.807) is 24.3 Å². The number of piperidine rings is 1. The van der Waals surface area contributed by atoms with Gasteiger partial charge in [-0.15, -0.1) is 18.3 Å². The van der Waals surface area contributed by atoms with Crippen molar-refractivity contribution in [2.45, 2.75) is 31.3 Å². The van der Waals surface area contributed by atoms with E-state index in [1.165, 1.54) is 6.20 Å². The molecular formula is C21H19ClF3N5O6. The number of likely N-dealkylation sites (tertiary alicyclic amines) is 1. The molecule has 11 nitrogen and oxygen atoms in total. The first-order valence-corrected chi connectivity index (χ1v) is 11.0. The molecule has 0 unspecified atom stereocenters. The fourth-order valence-electron chi connectivity index (χ4n) is 3.76. The van der Waals surface area contributed by atoms with E-state index in [9.17, 15) is 27.9 Å². The molecule has 1 aromatic carbocycles. The van der Waals surface area contributed by atoms with Crippen LogP contribution in [0.3, 0.4) is 0 Å². The summed E-state index contributed by atoms with van der Waals surface area (Å²) in [6.07, 6.45) is -4.36. The zero-order chi connectivity index (χ0) is 25.9. The zero-order valence-corrected chi connectivity index (χ0v) is 19.1. The van der Waals surface area contributed by atoms with E-state index >= 15 is 0 Å². The summed E-state index contributed by atoms with van der Waals surface area (Å²) >= 11 is 5.93. The summed E-state index contributed by atoms with van der Waals surface area (Å²) in [6.45, 7) is -1.33. The second-order valence-electron chi connectivity index (χ2n) is 7.81. The van der Waals surface area contributed by atoms with Gasteiger partial charge in [0.1, 0.15) is 12.6 Å². The van der Waals surface area contributed by atoms with Crippen LogP contribution in [0.15, 0.2) is 34.9 Å². The van der Waals surface area contributed by atoms with Crippen LogP contribution in [0.4, 0.5) is 18.0 Å². The number of nitrogens with one attached hydrogen (secondary N) is 1. The molecule has 1 saturated heterocycles. The monoisotopic (exact) mass is 529 g/mol. The van der Waals surface area contributed by atoms with Gasteiger partial charge in [-0.05, 0) is 31.0 Å². The lowest BCUT2D eigenvalue weighted by Gasteiger charge is -2.36. The van der Waals surface area contributed by atoms with E-state index < -0.39 is 49.7 Å². The quantitative estimate of drug-likeness (QED) is 0.437. The average Bonchev–Trinajstić information content (AvgIpc) is 3.29. The Morgan fingerprint density at radius 3 is 2.78 bits per heavy atom. The highest BCUT2D eigenvalue weighted by atomic mass is 35.5. The van der Waals surface area contributed by atoms with E-state index in [0.717, 1.165) is 10.3 Å². The largest absolute Gasteiger partial charge is 0.522 e. The molecular weight excluding hydrogens is 511 g/mol. The molecule has 36 heavy (non-hydrogen) atoms. The Kier molecular flexibility index (Phi) is 7.45. The van der Waals surface area contributed by atoms with Crippen molar-refractivity contribution in [2.24, 2.45) is 0 Å². The molecule has 192 valence electrons. The maximum Gasteiger partial charge on any atom is 0.522 e. The van der Waals surface area contributed by atoms with Crippen molar-refractivity contribution in [3.63, 3.8) is 0 Å². The van der Waals surface area contributed by atoms with E-state index in [1.807, 2.05) is 0 Å². The Hall–Kier alpha value is -3.65. The zero-order valence-electron chi connectivity index (χ0n) is 18.4. The van der Waals surface area contributed by atoms with Crippen LogP contribution < -0.4 is 10.1 Å². The second-order valence-corrected chi connectivity index (χ2v) is 8.24. The molecule has 2 N–H and O–H groups in total. The fraction of sp³-hybridized carbons (Fsp3) is 0.381. The third-order valence-electron chi connectivity index (χ3n) is 5.36. The highest BCUT2D eigenvalue weighted by Crippen LogP contribution is 2.31. The average molecular weight is 530 g/mol. The number of ether oxygens (including phenoxy) is 2. The van der Waals surface area contributed by atoms with Gasteiger partial charge < -0.3 is 19.6 Å². The highest BCUT2D eigenvalue weighted by molar-refractivity contribution is 6.31. The van der Waals surface area contributed by atoms with Crippen molar-refractivity contribution in [3.8, 4) is 6.08 Å². The molecule has 4 rings (SSSR count). The summed E-state index contributed by atoms with van der Waals surface area (Å²) in [6, 6.07) is 5.37. The smallest absolute Gasteiger partial charge is 0.465 e. The van der Waals surface area contributed by atoms with Crippen molar-refractivity contribution >= 4 is 34.5 Å². The Morgan fingerprint density at radius 2 is 2.03 bits per heavy atom. The molecule has 3 aromatic rings. The number of amides is 2. The first kappa shape index (κ1) is 25.4. The van der Waals surface area contributed by atoms with Crippen LogP contribution in [-0.2, 0) is 4.74 Å². The summed E-state index contributed by atoms with van der Waals surface area (Å²) in [5.74, 6) is -0.467. The van der Waals surface area contributed by atoms with E-state index in [4.69, 9.17) is 20.8 Å². The molecule has 2 atom stereocenters. The molecule has 0 aliphatic carbocycles. The normalized spacial score (nSPS) is 18.3. The number of pyridine rings is 1. The maximum atomic E-state index is 12.8. The number of hydrogen-bond acceptors (Lipinski definition) is 8. The van der Waals surface area contributed by atoms with E-state index in [0.29, 0.717) is 22.5 Å². The predicted molar refractivity (Wildman–Crippen MR) is 117 cm³/mol. The number of fused-ring (bicyclic) bond motifs is 1. The third-order valence-corrected chi connectivity index (χ3v) is 5.56. The number of carboxylic acid groups (broad SMARTS) is 1. The Bertz CT molecular complexity index is 1260. The summed E-state index contributed by atoms with van der Waals surface area (Å²) in [5.41, 5.74) is 0.942. The topological polar surface area (TPSA) is 140 Å². The van der Waals surface area contributed by atoms with Gasteiger partial charge in [0.25, 0.3) is 5.91 Å². The molecule has 0 saturated carbocycles. The van der Waals surface area contributed by atoms with Crippen LogP contribution in [0.2, 0.25) is 5.02 Å². The summed E-state index contributed by atoms with van der Waals surface area (Å²) < 4.78 is 49.8. The lowest BCUT2D eigenvalue weighted by atomic mass is 9.98. The highest BCUT2D eigenvalue weighted by Gasteiger charge is 2.37. The van der Waals surface area contributed by atoms with Crippen molar-refractivity contribution in [1.29, 1.82) is 0 Å². The number of halogens is 4. The third kappa shape index (κ3) is 6.31. The van der Waals surface area contributed by atoms with Crippen molar-refractivity contribution in [2.75, 3.05) is 19.8 Å². The molecule has 15 heteroatoms. The molecule has 1 fully saturated rings. The molecule has 1 aliphatic heterocycles. The van der Waals surface area contributed by atoms with Crippen molar-refractivity contribution in [1.82, 2.24) is 25.4 Å².